The first-order valence-corrected chi connectivity index (χ1v) is 6.31. The Balaban J connectivity index is 2.08. The Hall–Kier alpha value is -1.04. The second-order valence-corrected chi connectivity index (χ2v) is 5.63. The van der Waals surface area contributed by atoms with Crippen LogP contribution in [-0.2, 0) is 4.79 Å². The van der Waals surface area contributed by atoms with Crippen LogP contribution in [0.15, 0.2) is 0 Å². The van der Waals surface area contributed by atoms with E-state index in [1.54, 1.807) is 0 Å². The summed E-state index contributed by atoms with van der Waals surface area (Å²) in [7, 11) is 0. The van der Waals surface area contributed by atoms with E-state index in [1.807, 2.05) is 4.90 Å². The highest BCUT2D eigenvalue weighted by atomic mass is 16.2. The van der Waals surface area contributed by atoms with Gasteiger partial charge in [-0.3, -0.25) is 4.79 Å². The molecule has 1 amide bonds. The summed E-state index contributed by atoms with van der Waals surface area (Å²) in [6, 6.07) is 2.69. The molecule has 0 bridgehead atoms. The lowest BCUT2D eigenvalue weighted by Gasteiger charge is -2.39. The van der Waals surface area contributed by atoms with Crippen molar-refractivity contribution in [1.82, 2.24) is 4.90 Å². The van der Waals surface area contributed by atoms with Gasteiger partial charge in [0, 0.05) is 12.6 Å². The highest BCUT2D eigenvalue weighted by Gasteiger charge is 2.49. The molecule has 0 N–H and O–H groups in total. The van der Waals surface area contributed by atoms with E-state index < -0.39 is 5.41 Å². The van der Waals surface area contributed by atoms with E-state index in [1.165, 1.54) is 0 Å². The first kappa shape index (κ1) is 11.4. The summed E-state index contributed by atoms with van der Waals surface area (Å²) in [6.45, 7) is 5.07. The molecule has 0 aromatic carbocycles. The summed E-state index contributed by atoms with van der Waals surface area (Å²) < 4.78 is 0. The first-order valence-electron chi connectivity index (χ1n) is 6.31. The molecule has 2 saturated carbocycles. The molecule has 16 heavy (non-hydrogen) atoms. The summed E-state index contributed by atoms with van der Waals surface area (Å²) in [5.41, 5.74) is -0.655. The number of carbonyl (C=O) groups is 1. The van der Waals surface area contributed by atoms with Gasteiger partial charge >= 0.3 is 0 Å². The minimum absolute atomic E-state index is 0.109. The van der Waals surface area contributed by atoms with Crippen molar-refractivity contribution in [2.45, 2.75) is 52.0 Å². The molecule has 0 aromatic rings. The van der Waals surface area contributed by atoms with Crippen LogP contribution < -0.4 is 0 Å². The molecule has 2 aliphatic rings. The summed E-state index contributed by atoms with van der Waals surface area (Å²) >= 11 is 0. The van der Waals surface area contributed by atoms with Crippen LogP contribution in [0.4, 0.5) is 0 Å². The highest BCUT2D eigenvalue weighted by molar-refractivity contribution is 5.87. The predicted octanol–water partition coefficient (Wildman–Crippen LogP) is 2.33. The number of nitriles is 1. The van der Waals surface area contributed by atoms with Gasteiger partial charge in [0.05, 0.1) is 6.07 Å². The van der Waals surface area contributed by atoms with Gasteiger partial charge in [-0.2, -0.15) is 5.26 Å². The van der Waals surface area contributed by atoms with E-state index in [-0.39, 0.29) is 5.91 Å². The monoisotopic (exact) mass is 220 g/mol. The molecular formula is C13H20N2O. The zero-order valence-corrected chi connectivity index (χ0v) is 10.2. The van der Waals surface area contributed by atoms with Gasteiger partial charge in [-0.1, -0.05) is 13.8 Å². The lowest BCUT2D eigenvalue weighted by Crippen LogP contribution is -2.49. The van der Waals surface area contributed by atoms with Crippen molar-refractivity contribution in [1.29, 1.82) is 5.26 Å². The standard InChI is InChI=1S/C13H20N2O/c1-10(2)8-15(11-4-5-11)12(16)13(9-14)6-3-7-13/h10-11H,3-8H2,1-2H3. The molecule has 88 valence electrons. The van der Waals surface area contributed by atoms with E-state index in [0.717, 1.165) is 38.6 Å². The minimum atomic E-state index is -0.655. The van der Waals surface area contributed by atoms with Crippen molar-refractivity contribution in [3.05, 3.63) is 0 Å². The van der Waals surface area contributed by atoms with E-state index in [0.29, 0.717) is 12.0 Å². The smallest absolute Gasteiger partial charge is 0.243 e. The molecule has 2 aliphatic carbocycles. The Bertz CT molecular complexity index is 321. The van der Waals surface area contributed by atoms with Crippen molar-refractivity contribution in [2.75, 3.05) is 6.54 Å². The normalized spacial score (nSPS) is 22.4. The quantitative estimate of drug-likeness (QED) is 0.729. The summed E-state index contributed by atoms with van der Waals surface area (Å²) in [5.74, 6) is 0.595. The maximum absolute atomic E-state index is 12.4. The average Bonchev–Trinajstić information content (AvgIpc) is 2.96. The Morgan fingerprint density at radius 2 is 2.12 bits per heavy atom. The molecule has 0 spiro atoms. The molecular weight excluding hydrogens is 200 g/mol. The van der Waals surface area contributed by atoms with E-state index in [4.69, 9.17) is 0 Å². The van der Waals surface area contributed by atoms with Crippen LogP contribution in [0.3, 0.4) is 0 Å². The van der Waals surface area contributed by atoms with Gasteiger partial charge in [-0.15, -0.1) is 0 Å². The summed E-state index contributed by atoms with van der Waals surface area (Å²) in [4.78, 5) is 14.4. The van der Waals surface area contributed by atoms with Crippen LogP contribution in [-0.4, -0.2) is 23.4 Å². The lowest BCUT2D eigenvalue weighted by molar-refractivity contribution is -0.144. The third-order valence-corrected chi connectivity index (χ3v) is 3.64. The second kappa shape index (κ2) is 4.08. The first-order chi connectivity index (χ1) is 7.59. The molecule has 0 unspecified atom stereocenters. The molecule has 0 radical (unpaired) electrons. The molecule has 0 aliphatic heterocycles. The SMILES string of the molecule is CC(C)CN(C(=O)C1(C#N)CCC1)C1CC1. The number of rotatable bonds is 4. The van der Waals surface area contributed by atoms with Crippen LogP contribution in [0.2, 0.25) is 0 Å². The Labute approximate surface area is 97.4 Å². The van der Waals surface area contributed by atoms with Gasteiger partial charge in [0.15, 0.2) is 0 Å². The molecule has 0 saturated heterocycles. The van der Waals surface area contributed by atoms with E-state index in [2.05, 4.69) is 19.9 Å². The largest absolute Gasteiger partial charge is 0.338 e. The van der Waals surface area contributed by atoms with Gasteiger partial charge in [0.1, 0.15) is 5.41 Å². The van der Waals surface area contributed by atoms with Crippen molar-refractivity contribution in [2.24, 2.45) is 11.3 Å². The van der Waals surface area contributed by atoms with Crippen molar-refractivity contribution >= 4 is 5.91 Å². The summed E-state index contributed by atoms with van der Waals surface area (Å²) in [5, 5.41) is 9.19. The molecule has 0 heterocycles. The zero-order chi connectivity index (χ0) is 11.8. The molecule has 2 fully saturated rings. The van der Waals surface area contributed by atoms with Crippen LogP contribution >= 0.6 is 0 Å². The van der Waals surface area contributed by atoms with Gasteiger partial charge in [-0.25, -0.2) is 0 Å². The molecule has 0 atom stereocenters. The maximum atomic E-state index is 12.4. The fourth-order valence-electron chi connectivity index (χ4n) is 2.36. The van der Waals surface area contributed by atoms with Gasteiger partial charge in [-0.05, 0) is 38.0 Å². The number of hydrogen-bond acceptors (Lipinski definition) is 2. The average molecular weight is 220 g/mol. The topological polar surface area (TPSA) is 44.1 Å². The second-order valence-electron chi connectivity index (χ2n) is 5.63. The third-order valence-electron chi connectivity index (χ3n) is 3.64. The molecule has 0 aromatic heterocycles. The number of nitrogens with zero attached hydrogens (tertiary/aromatic N) is 2. The van der Waals surface area contributed by atoms with Crippen molar-refractivity contribution < 1.29 is 4.79 Å². The highest BCUT2D eigenvalue weighted by Crippen LogP contribution is 2.44. The van der Waals surface area contributed by atoms with Crippen LogP contribution in [0.1, 0.15) is 46.0 Å². The fraction of sp³-hybridized carbons (Fsp3) is 0.846. The Kier molecular flexibility index (Phi) is 2.92. The molecule has 3 nitrogen and oxygen atoms in total. The van der Waals surface area contributed by atoms with Crippen LogP contribution in [0.5, 0.6) is 0 Å². The Morgan fingerprint density at radius 3 is 2.44 bits per heavy atom. The summed E-state index contributed by atoms with van der Waals surface area (Å²) in [6.07, 6.45) is 4.81. The third kappa shape index (κ3) is 1.93. The number of amides is 1. The van der Waals surface area contributed by atoms with E-state index in [9.17, 15) is 10.1 Å². The van der Waals surface area contributed by atoms with Gasteiger partial charge < -0.3 is 4.90 Å². The van der Waals surface area contributed by atoms with E-state index >= 15 is 0 Å². The molecule has 2 rings (SSSR count). The van der Waals surface area contributed by atoms with Crippen molar-refractivity contribution in [3.63, 3.8) is 0 Å². The fourth-order valence-corrected chi connectivity index (χ4v) is 2.36. The molecule has 3 heteroatoms. The predicted molar refractivity (Wildman–Crippen MR) is 61.5 cm³/mol. The number of hydrogen-bond donors (Lipinski definition) is 0. The lowest BCUT2D eigenvalue weighted by atomic mass is 9.69. The minimum Gasteiger partial charge on any atom is -0.338 e. The number of carbonyl (C=O) groups excluding carboxylic acids is 1. The van der Waals surface area contributed by atoms with Gasteiger partial charge in [0.2, 0.25) is 5.91 Å². The maximum Gasteiger partial charge on any atom is 0.243 e. The van der Waals surface area contributed by atoms with Gasteiger partial charge in [0.25, 0.3) is 0 Å². The van der Waals surface area contributed by atoms with Crippen LogP contribution in [0.25, 0.3) is 0 Å². The Morgan fingerprint density at radius 1 is 1.50 bits per heavy atom. The van der Waals surface area contributed by atoms with Crippen molar-refractivity contribution in [3.8, 4) is 6.07 Å². The van der Waals surface area contributed by atoms with Crippen LogP contribution in [0, 0.1) is 22.7 Å². The zero-order valence-electron chi connectivity index (χ0n) is 10.2.